The predicted molar refractivity (Wildman–Crippen MR) is 70.8 cm³/mol. The fourth-order valence-corrected chi connectivity index (χ4v) is 1.77. The first-order valence-electron chi connectivity index (χ1n) is 6.16. The van der Waals surface area contributed by atoms with Crippen LogP contribution in [0.4, 0.5) is 5.69 Å². The largest absolute Gasteiger partial charge is 0.399 e. The minimum Gasteiger partial charge on any atom is -0.399 e. The number of aliphatic hydroxyl groups is 1. The summed E-state index contributed by atoms with van der Waals surface area (Å²) < 4.78 is 1.83. The molecule has 0 bridgehead atoms. The van der Waals surface area contributed by atoms with Crippen molar-refractivity contribution in [3.63, 3.8) is 0 Å². The van der Waals surface area contributed by atoms with E-state index in [1.54, 1.807) is 6.33 Å². The molecule has 1 heterocycles. The minimum atomic E-state index is 0.256. The summed E-state index contributed by atoms with van der Waals surface area (Å²) in [7, 11) is 0. The molecule has 2 aromatic rings. The molecule has 96 valence electrons. The standard InChI is InChI=1S/C13H18N4O/c14-12-6-4-5-11(9-12)13-15-10-17(16-13)7-2-1-3-8-18/h4-6,9-10,18H,1-3,7-8,14H2. The lowest BCUT2D eigenvalue weighted by Gasteiger charge is -2.00. The Morgan fingerprint density at radius 2 is 2.11 bits per heavy atom. The number of hydrogen-bond acceptors (Lipinski definition) is 4. The van der Waals surface area contributed by atoms with Crippen molar-refractivity contribution < 1.29 is 5.11 Å². The zero-order valence-electron chi connectivity index (χ0n) is 10.3. The van der Waals surface area contributed by atoms with Crippen molar-refractivity contribution in [1.29, 1.82) is 0 Å². The van der Waals surface area contributed by atoms with E-state index < -0.39 is 0 Å². The second-order valence-corrected chi connectivity index (χ2v) is 4.24. The average Bonchev–Trinajstić information content (AvgIpc) is 2.83. The quantitative estimate of drug-likeness (QED) is 0.600. The van der Waals surface area contributed by atoms with Gasteiger partial charge in [0.2, 0.25) is 0 Å². The summed E-state index contributed by atoms with van der Waals surface area (Å²) in [5.41, 5.74) is 7.38. The molecule has 0 aliphatic heterocycles. The predicted octanol–water partition coefficient (Wildman–Crippen LogP) is 1.69. The van der Waals surface area contributed by atoms with Crippen LogP contribution in [0.5, 0.6) is 0 Å². The second kappa shape index (κ2) is 6.16. The minimum absolute atomic E-state index is 0.256. The molecule has 0 unspecified atom stereocenters. The van der Waals surface area contributed by atoms with E-state index in [0.29, 0.717) is 11.5 Å². The SMILES string of the molecule is Nc1cccc(-c2ncn(CCCCCO)n2)c1. The van der Waals surface area contributed by atoms with Crippen LogP contribution in [0.2, 0.25) is 0 Å². The van der Waals surface area contributed by atoms with Crippen molar-refractivity contribution in [3.8, 4) is 11.4 Å². The fraction of sp³-hybridized carbons (Fsp3) is 0.385. The summed E-state index contributed by atoms with van der Waals surface area (Å²) in [6.45, 7) is 1.08. The third-order valence-corrected chi connectivity index (χ3v) is 2.73. The van der Waals surface area contributed by atoms with E-state index in [4.69, 9.17) is 10.8 Å². The van der Waals surface area contributed by atoms with E-state index in [2.05, 4.69) is 10.1 Å². The number of benzene rings is 1. The molecule has 0 amide bonds. The highest BCUT2D eigenvalue weighted by atomic mass is 16.2. The van der Waals surface area contributed by atoms with E-state index in [1.807, 2.05) is 28.9 Å². The Bertz CT molecular complexity index is 495. The molecule has 3 N–H and O–H groups in total. The summed E-state index contributed by atoms with van der Waals surface area (Å²) in [5, 5.41) is 13.1. The van der Waals surface area contributed by atoms with Crippen molar-refractivity contribution in [2.45, 2.75) is 25.8 Å². The molecule has 0 spiro atoms. The van der Waals surface area contributed by atoms with Crippen LogP contribution in [0.25, 0.3) is 11.4 Å². The first-order valence-corrected chi connectivity index (χ1v) is 6.16. The number of anilines is 1. The van der Waals surface area contributed by atoms with Gasteiger partial charge in [-0.15, -0.1) is 0 Å². The highest BCUT2D eigenvalue weighted by molar-refractivity contribution is 5.60. The van der Waals surface area contributed by atoms with Crippen LogP contribution < -0.4 is 5.73 Å². The molecule has 0 saturated heterocycles. The smallest absolute Gasteiger partial charge is 0.181 e. The van der Waals surface area contributed by atoms with Crippen LogP contribution >= 0.6 is 0 Å². The van der Waals surface area contributed by atoms with Gasteiger partial charge in [-0.2, -0.15) is 5.10 Å². The second-order valence-electron chi connectivity index (χ2n) is 4.24. The van der Waals surface area contributed by atoms with Gasteiger partial charge in [-0.25, -0.2) is 4.98 Å². The Hall–Kier alpha value is -1.88. The van der Waals surface area contributed by atoms with Crippen LogP contribution in [-0.2, 0) is 6.54 Å². The van der Waals surface area contributed by atoms with E-state index in [0.717, 1.165) is 31.4 Å². The third-order valence-electron chi connectivity index (χ3n) is 2.73. The highest BCUT2D eigenvalue weighted by Gasteiger charge is 2.04. The van der Waals surface area contributed by atoms with E-state index in [1.165, 1.54) is 0 Å². The summed E-state index contributed by atoms with van der Waals surface area (Å²) in [6.07, 6.45) is 4.58. The number of aromatic nitrogens is 3. The van der Waals surface area contributed by atoms with Crippen molar-refractivity contribution in [2.24, 2.45) is 0 Å². The van der Waals surface area contributed by atoms with Crippen LogP contribution in [0.15, 0.2) is 30.6 Å². The molecular formula is C13H18N4O. The summed E-state index contributed by atoms with van der Waals surface area (Å²) in [6, 6.07) is 7.55. The van der Waals surface area contributed by atoms with Crippen molar-refractivity contribution in [1.82, 2.24) is 14.8 Å². The van der Waals surface area contributed by atoms with Gasteiger partial charge in [0.25, 0.3) is 0 Å². The normalized spacial score (nSPS) is 10.7. The number of nitrogens with zero attached hydrogens (tertiary/aromatic N) is 3. The first kappa shape index (κ1) is 12.6. The average molecular weight is 246 g/mol. The first-order chi connectivity index (χ1) is 8.79. The van der Waals surface area contributed by atoms with Crippen molar-refractivity contribution in [3.05, 3.63) is 30.6 Å². The highest BCUT2D eigenvalue weighted by Crippen LogP contribution is 2.17. The number of nitrogens with two attached hydrogens (primary N) is 1. The molecule has 1 aromatic heterocycles. The number of aliphatic hydroxyl groups excluding tert-OH is 1. The Morgan fingerprint density at radius 3 is 2.89 bits per heavy atom. The lowest BCUT2D eigenvalue weighted by Crippen LogP contribution is -1.99. The maximum atomic E-state index is 8.70. The zero-order valence-corrected chi connectivity index (χ0v) is 10.3. The molecule has 5 heteroatoms. The number of nitrogen functional groups attached to an aromatic ring is 1. The molecule has 0 aliphatic rings. The van der Waals surface area contributed by atoms with E-state index >= 15 is 0 Å². The topological polar surface area (TPSA) is 77.0 Å². The molecule has 18 heavy (non-hydrogen) atoms. The van der Waals surface area contributed by atoms with Crippen LogP contribution in [-0.4, -0.2) is 26.5 Å². The maximum Gasteiger partial charge on any atom is 0.181 e. The number of rotatable bonds is 6. The molecule has 0 radical (unpaired) electrons. The van der Waals surface area contributed by atoms with E-state index in [-0.39, 0.29) is 6.61 Å². The van der Waals surface area contributed by atoms with Crippen LogP contribution in [0.3, 0.4) is 0 Å². The Labute approximate surface area is 106 Å². The van der Waals surface area contributed by atoms with Gasteiger partial charge in [0, 0.05) is 24.4 Å². The van der Waals surface area contributed by atoms with Gasteiger partial charge in [0.15, 0.2) is 5.82 Å². The molecule has 0 saturated carbocycles. The van der Waals surface area contributed by atoms with Crippen LogP contribution in [0, 0.1) is 0 Å². The van der Waals surface area contributed by atoms with Gasteiger partial charge in [0.1, 0.15) is 6.33 Å². The molecule has 1 aromatic carbocycles. The maximum absolute atomic E-state index is 8.70. The number of hydrogen-bond donors (Lipinski definition) is 2. The summed E-state index contributed by atoms with van der Waals surface area (Å²) >= 11 is 0. The summed E-state index contributed by atoms with van der Waals surface area (Å²) in [5.74, 6) is 0.699. The number of unbranched alkanes of at least 4 members (excludes halogenated alkanes) is 2. The van der Waals surface area contributed by atoms with Gasteiger partial charge in [0.05, 0.1) is 0 Å². The van der Waals surface area contributed by atoms with Gasteiger partial charge >= 0.3 is 0 Å². The fourth-order valence-electron chi connectivity index (χ4n) is 1.77. The number of aryl methyl sites for hydroxylation is 1. The van der Waals surface area contributed by atoms with Gasteiger partial charge in [-0.3, -0.25) is 4.68 Å². The Morgan fingerprint density at radius 1 is 1.22 bits per heavy atom. The molecule has 0 atom stereocenters. The van der Waals surface area contributed by atoms with Crippen molar-refractivity contribution in [2.75, 3.05) is 12.3 Å². The molecule has 0 fully saturated rings. The van der Waals surface area contributed by atoms with Crippen molar-refractivity contribution >= 4 is 5.69 Å². The molecule has 2 rings (SSSR count). The van der Waals surface area contributed by atoms with Crippen LogP contribution in [0.1, 0.15) is 19.3 Å². The molecular weight excluding hydrogens is 228 g/mol. The third kappa shape index (κ3) is 3.30. The molecule has 0 aliphatic carbocycles. The lowest BCUT2D eigenvalue weighted by molar-refractivity contribution is 0.281. The lowest BCUT2D eigenvalue weighted by atomic mass is 10.2. The zero-order chi connectivity index (χ0) is 12.8. The Balaban J connectivity index is 1.97. The van der Waals surface area contributed by atoms with Gasteiger partial charge in [-0.05, 0) is 31.4 Å². The van der Waals surface area contributed by atoms with E-state index in [9.17, 15) is 0 Å². The molecule has 5 nitrogen and oxygen atoms in total. The Kier molecular flexibility index (Phi) is 4.30. The van der Waals surface area contributed by atoms with Gasteiger partial charge in [-0.1, -0.05) is 12.1 Å². The monoisotopic (exact) mass is 246 g/mol. The van der Waals surface area contributed by atoms with Gasteiger partial charge < -0.3 is 10.8 Å². The summed E-state index contributed by atoms with van der Waals surface area (Å²) in [4.78, 5) is 4.27.